The molecule has 1 aromatic carbocycles. The van der Waals surface area contributed by atoms with Gasteiger partial charge in [0.05, 0.1) is 0 Å². The highest BCUT2D eigenvalue weighted by atomic mass is 32.2. The molecule has 2 heterocycles. The minimum absolute atomic E-state index is 0.149. The molecule has 0 bridgehead atoms. The number of aromatic amines is 1. The predicted octanol–water partition coefficient (Wildman–Crippen LogP) is 2.38. The van der Waals surface area contributed by atoms with E-state index < -0.39 is 23.9 Å². The maximum Gasteiger partial charge on any atom is 0.425 e. The predicted molar refractivity (Wildman–Crippen MR) is 78.7 cm³/mol. The van der Waals surface area contributed by atoms with Crippen molar-refractivity contribution in [3.63, 3.8) is 0 Å². The lowest BCUT2D eigenvalue weighted by atomic mass is 9.92. The van der Waals surface area contributed by atoms with Gasteiger partial charge in [0.1, 0.15) is 5.75 Å². The van der Waals surface area contributed by atoms with Crippen molar-refractivity contribution in [1.82, 2.24) is 14.8 Å². The maximum absolute atomic E-state index is 13.3. The summed E-state index contributed by atoms with van der Waals surface area (Å²) >= 11 is 1.11. The number of benzene rings is 1. The maximum atomic E-state index is 13.3. The average Bonchev–Trinajstić information content (AvgIpc) is 2.83. The number of aromatic nitrogens is 3. The van der Waals surface area contributed by atoms with Crippen LogP contribution in [0, 0.1) is 5.92 Å². The first-order valence-corrected chi connectivity index (χ1v) is 7.90. The SMILES string of the molecule is Cn1c(SC[C@@H]2Cc3ccccc3O[C@H]2C(F)(F)F)n[nH]c1=O. The molecule has 2 aromatic rings. The zero-order chi connectivity index (χ0) is 16.6. The lowest BCUT2D eigenvalue weighted by Crippen LogP contribution is -2.45. The molecule has 0 spiro atoms. The molecule has 0 radical (unpaired) electrons. The monoisotopic (exact) mass is 345 g/mol. The summed E-state index contributed by atoms with van der Waals surface area (Å²) in [5.41, 5.74) is 0.361. The molecule has 3 rings (SSSR count). The highest BCUT2D eigenvalue weighted by molar-refractivity contribution is 7.99. The number of ether oxygens (including phenoxy) is 1. The summed E-state index contributed by atoms with van der Waals surface area (Å²) in [5.74, 6) is -0.318. The van der Waals surface area contributed by atoms with Gasteiger partial charge in [0, 0.05) is 18.7 Å². The highest BCUT2D eigenvalue weighted by Crippen LogP contribution is 2.39. The molecule has 0 saturated carbocycles. The molecule has 1 aliphatic rings. The van der Waals surface area contributed by atoms with Crippen LogP contribution in [0.4, 0.5) is 13.2 Å². The van der Waals surface area contributed by atoms with Crippen molar-refractivity contribution in [1.29, 1.82) is 0 Å². The van der Waals surface area contributed by atoms with Crippen LogP contribution >= 0.6 is 11.8 Å². The Hall–Kier alpha value is -1.90. The third kappa shape index (κ3) is 3.24. The van der Waals surface area contributed by atoms with Gasteiger partial charge in [-0.3, -0.25) is 4.57 Å². The van der Waals surface area contributed by atoms with E-state index in [1.807, 2.05) is 0 Å². The number of H-pyrrole nitrogens is 1. The van der Waals surface area contributed by atoms with Crippen molar-refractivity contribution >= 4 is 11.8 Å². The lowest BCUT2D eigenvalue weighted by Gasteiger charge is -2.34. The molecule has 1 N–H and O–H groups in total. The molecule has 9 heteroatoms. The molecule has 5 nitrogen and oxygen atoms in total. The number of nitrogens with zero attached hydrogens (tertiary/aromatic N) is 2. The van der Waals surface area contributed by atoms with Gasteiger partial charge in [-0.25, -0.2) is 9.89 Å². The first kappa shape index (κ1) is 16.0. The Morgan fingerprint density at radius 1 is 1.43 bits per heavy atom. The molecule has 1 aliphatic heterocycles. The molecule has 0 aliphatic carbocycles. The Morgan fingerprint density at radius 2 is 2.17 bits per heavy atom. The van der Waals surface area contributed by atoms with Crippen molar-refractivity contribution in [3.8, 4) is 5.75 Å². The molecular formula is C14H14F3N3O2S. The summed E-state index contributed by atoms with van der Waals surface area (Å²) in [6.07, 6.45) is -6.04. The fourth-order valence-corrected chi connectivity index (χ4v) is 3.58. The van der Waals surface area contributed by atoms with Crippen LogP contribution in [0.5, 0.6) is 5.75 Å². The average molecular weight is 345 g/mol. The van der Waals surface area contributed by atoms with E-state index in [0.717, 1.165) is 17.3 Å². The second kappa shape index (κ2) is 5.95. The number of halogens is 3. The summed E-state index contributed by atoms with van der Waals surface area (Å²) in [7, 11) is 1.52. The number of alkyl halides is 3. The van der Waals surface area contributed by atoms with Gasteiger partial charge in [-0.15, -0.1) is 5.10 Å². The largest absolute Gasteiger partial charge is 0.480 e. The van der Waals surface area contributed by atoms with Crippen LogP contribution < -0.4 is 10.4 Å². The molecule has 124 valence electrons. The van der Waals surface area contributed by atoms with E-state index in [2.05, 4.69) is 10.2 Å². The second-order valence-corrected chi connectivity index (χ2v) is 6.32. The van der Waals surface area contributed by atoms with Gasteiger partial charge >= 0.3 is 11.9 Å². The van der Waals surface area contributed by atoms with Crippen LogP contribution in [0.2, 0.25) is 0 Å². The molecular weight excluding hydrogens is 331 g/mol. The Labute approximate surface area is 133 Å². The van der Waals surface area contributed by atoms with E-state index in [1.165, 1.54) is 11.6 Å². The number of fused-ring (bicyclic) bond motifs is 1. The molecule has 0 saturated heterocycles. The fraction of sp³-hybridized carbons (Fsp3) is 0.429. The zero-order valence-corrected chi connectivity index (χ0v) is 12.9. The van der Waals surface area contributed by atoms with Gasteiger partial charge in [-0.2, -0.15) is 13.2 Å². The molecule has 1 aromatic heterocycles. The van der Waals surface area contributed by atoms with E-state index in [9.17, 15) is 18.0 Å². The Kier molecular flexibility index (Phi) is 4.13. The number of hydrogen-bond donors (Lipinski definition) is 1. The van der Waals surface area contributed by atoms with Crippen LogP contribution in [0.3, 0.4) is 0 Å². The Balaban J connectivity index is 1.81. The summed E-state index contributed by atoms with van der Waals surface area (Å²) in [4.78, 5) is 11.3. The summed E-state index contributed by atoms with van der Waals surface area (Å²) in [6.45, 7) is 0. The number of nitrogens with one attached hydrogen (secondary N) is 1. The van der Waals surface area contributed by atoms with Gasteiger partial charge in [-0.05, 0) is 18.1 Å². The normalized spacial score (nSPS) is 20.9. The van der Waals surface area contributed by atoms with Gasteiger partial charge in [0.15, 0.2) is 11.3 Å². The van der Waals surface area contributed by atoms with Crippen molar-refractivity contribution in [2.24, 2.45) is 13.0 Å². The van der Waals surface area contributed by atoms with E-state index in [1.54, 1.807) is 24.3 Å². The Bertz CT molecular complexity index is 756. The number of hydrogen-bond acceptors (Lipinski definition) is 4. The number of para-hydroxylation sites is 1. The Morgan fingerprint density at radius 3 is 2.83 bits per heavy atom. The fourth-order valence-electron chi connectivity index (χ4n) is 2.53. The van der Waals surface area contributed by atoms with Crippen LogP contribution in [0.15, 0.2) is 34.2 Å². The minimum atomic E-state index is -4.45. The molecule has 23 heavy (non-hydrogen) atoms. The van der Waals surface area contributed by atoms with Crippen LogP contribution in [0.25, 0.3) is 0 Å². The summed E-state index contributed by atoms with van der Waals surface area (Å²) in [5, 5.41) is 6.42. The number of thioether (sulfide) groups is 1. The van der Waals surface area contributed by atoms with Gasteiger partial charge < -0.3 is 4.74 Å². The van der Waals surface area contributed by atoms with E-state index in [-0.39, 0.29) is 17.9 Å². The van der Waals surface area contributed by atoms with Crippen molar-refractivity contribution < 1.29 is 17.9 Å². The smallest absolute Gasteiger partial charge is 0.425 e. The minimum Gasteiger partial charge on any atom is -0.480 e. The standard InChI is InChI=1S/C14H14F3N3O2S/c1-20-12(21)18-19-13(20)23-7-9-6-8-4-2-3-5-10(8)22-11(9)14(15,16)17/h2-5,9,11H,6-7H2,1H3,(H,18,21)/t9-,11+/m0/s1. The molecule has 0 unspecified atom stereocenters. The van der Waals surface area contributed by atoms with Gasteiger partial charge in [-0.1, -0.05) is 30.0 Å². The first-order valence-electron chi connectivity index (χ1n) is 6.91. The van der Waals surface area contributed by atoms with Gasteiger partial charge in [0.25, 0.3) is 0 Å². The highest BCUT2D eigenvalue weighted by Gasteiger charge is 2.49. The number of rotatable bonds is 3. The quantitative estimate of drug-likeness (QED) is 0.868. The topological polar surface area (TPSA) is 59.9 Å². The molecule has 0 amide bonds. The summed E-state index contributed by atoms with van der Waals surface area (Å²) < 4.78 is 46.3. The third-order valence-corrected chi connectivity index (χ3v) is 4.94. The van der Waals surface area contributed by atoms with Gasteiger partial charge in [0.2, 0.25) is 0 Å². The van der Waals surface area contributed by atoms with Crippen molar-refractivity contribution in [2.45, 2.75) is 23.9 Å². The summed E-state index contributed by atoms with van der Waals surface area (Å²) in [6, 6.07) is 6.75. The van der Waals surface area contributed by atoms with Crippen LogP contribution in [-0.4, -0.2) is 32.8 Å². The third-order valence-electron chi connectivity index (χ3n) is 3.72. The second-order valence-electron chi connectivity index (χ2n) is 5.33. The lowest BCUT2D eigenvalue weighted by molar-refractivity contribution is -0.211. The zero-order valence-electron chi connectivity index (χ0n) is 12.1. The first-order chi connectivity index (χ1) is 10.9. The molecule has 0 fully saturated rings. The van der Waals surface area contributed by atoms with Crippen LogP contribution in [-0.2, 0) is 13.5 Å². The van der Waals surface area contributed by atoms with E-state index >= 15 is 0 Å². The molecule has 2 atom stereocenters. The van der Waals surface area contributed by atoms with E-state index in [0.29, 0.717) is 5.16 Å². The van der Waals surface area contributed by atoms with Crippen molar-refractivity contribution in [3.05, 3.63) is 40.3 Å². The van der Waals surface area contributed by atoms with Crippen LogP contribution in [0.1, 0.15) is 5.56 Å². The van der Waals surface area contributed by atoms with E-state index in [4.69, 9.17) is 4.74 Å². The van der Waals surface area contributed by atoms with Crippen molar-refractivity contribution in [2.75, 3.05) is 5.75 Å².